The summed E-state index contributed by atoms with van der Waals surface area (Å²) in [5.41, 5.74) is 2.14. The van der Waals surface area contributed by atoms with E-state index in [9.17, 15) is 9.59 Å². The molecule has 0 bridgehead atoms. The Morgan fingerprint density at radius 1 is 1.37 bits per heavy atom. The maximum Gasteiger partial charge on any atom is 0.271 e. The number of carbonyl (C=O) groups excluding carboxylic acids is 2. The van der Waals surface area contributed by atoms with Crippen LogP contribution in [0.4, 0.5) is 0 Å². The van der Waals surface area contributed by atoms with Crippen molar-refractivity contribution in [2.45, 2.75) is 19.4 Å². The van der Waals surface area contributed by atoms with Gasteiger partial charge in [0.05, 0.1) is 12.8 Å². The van der Waals surface area contributed by atoms with Crippen molar-refractivity contribution < 1.29 is 14.3 Å². The topological polar surface area (TPSA) is 75.9 Å². The molecule has 0 aliphatic heterocycles. The zero-order valence-electron chi connectivity index (χ0n) is 15.7. The number of para-hydroxylation sites is 1. The van der Waals surface area contributed by atoms with Crippen molar-refractivity contribution in [2.24, 2.45) is 0 Å². The van der Waals surface area contributed by atoms with Crippen molar-refractivity contribution in [2.75, 3.05) is 21.2 Å². The predicted molar refractivity (Wildman–Crippen MR) is 105 cm³/mol. The molecule has 1 atom stereocenters. The van der Waals surface area contributed by atoms with E-state index in [1.54, 1.807) is 35.9 Å². The summed E-state index contributed by atoms with van der Waals surface area (Å²) in [6.45, 7) is 1.85. The molecule has 3 rings (SSSR count). The van der Waals surface area contributed by atoms with Gasteiger partial charge in [0.25, 0.3) is 5.91 Å². The highest BCUT2D eigenvalue weighted by molar-refractivity contribution is 7.15. The Bertz CT molecular complexity index is 978. The lowest BCUT2D eigenvalue weighted by Gasteiger charge is -2.24. The molecule has 1 aromatic carbocycles. The maximum absolute atomic E-state index is 12.9. The first-order valence-electron chi connectivity index (χ1n) is 8.54. The van der Waals surface area contributed by atoms with Gasteiger partial charge in [-0.3, -0.25) is 14.0 Å². The van der Waals surface area contributed by atoms with Gasteiger partial charge in [-0.2, -0.15) is 0 Å². The number of benzene rings is 1. The van der Waals surface area contributed by atoms with E-state index in [0.29, 0.717) is 5.69 Å². The fourth-order valence-corrected chi connectivity index (χ4v) is 3.66. The monoisotopic (exact) mass is 386 g/mol. The lowest BCUT2D eigenvalue weighted by Crippen LogP contribution is -2.38. The average molecular weight is 386 g/mol. The van der Waals surface area contributed by atoms with E-state index in [1.807, 2.05) is 37.4 Å². The first kappa shape index (κ1) is 18.9. The van der Waals surface area contributed by atoms with Crippen LogP contribution in [0, 0.1) is 0 Å². The summed E-state index contributed by atoms with van der Waals surface area (Å²) in [6.07, 6.45) is 2.09. The van der Waals surface area contributed by atoms with Crippen LogP contribution in [0.1, 0.15) is 23.8 Å². The largest absolute Gasteiger partial charge is 0.496 e. The zero-order chi connectivity index (χ0) is 19.6. The normalized spacial score (nSPS) is 12.0. The number of thiazole rings is 1. The number of methoxy groups -OCH3 is 1. The number of hydrogen-bond acceptors (Lipinski definition) is 5. The first-order valence-corrected chi connectivity index (χ1v) is 9.42. The summed E-state index contributed by atoms with van der Waals surface area (Å²) in [4.78, 5) is 31.5. The first-order chi connectivity index (χ1) is 13.0. The fourth-order valence-electron chi connectivity index (χ4n) is 2.81. The number of amides is 2. The highest BCUT2D eigenvalue weighted by Crippen LogP contribution is 2.31. The molecule has 0 saturated carbocycles. The second kappa shape index (κ2) is 7.79. The minimum absolute atomic E-state index is 0.0984. The van der Waals surface area contributed by atoms with Crippen LogP contribution in [0.5, 0.6) is 5.75 Å². The molecule has 0 aliphatic carbocycles. The third kappa shape index (κ3) is 3.66. The SMILES string of the molecule is CNC(=O)CC(C)N(C)C(=O)c1csc2nc(-c3ccccc3OC)cn12. The van der Waals surface area contributed by atoms with Gasteiger partial charge in [0.1, 0.15) is 11.4 Å². The minimum Gasteiger partial charge on any atom is -0.496 e. The van der Waals surface area contributed by atoms with Gasteiger partial charge in [-0.15, -0.1) is 11.3 Å². The van der Waals surface area contributed by atoms with E-state index in [1.165, 1.54) is 11.3 Å². The number of ether oxygens (including phenoxy) is 1. The molecule has 3 aromatic rings. The molecule has 2 amide bonds. The van der Waals surface area contributed by atoms with Crippen molar-refractivity contribution in [3.05, 3.63) is 41.5 Å². The van der Waals surface area contributed by atoms with Crippen molar-refractivity contribution in [1.82, 2.24) is 19.6 Å². The number of rotatable bonds is 6. The Balaban J connectivity index is 1.91. The van der Waals surface area contributed by atoms with E-state index in [0.717, 1.165) is 22.0 Å². The molecule has 0 spiro atoms. The molecule has 8 heteroatoms. The quantitative estimate of drug-likeness (QED) is 0.707. The standard InChI is InChI=1S/C19H22N4O3S/c1-12(9-17(24)20-2)22(3)18(25)15-11-27-19-21-14(10-23(15)19)13-7-5-6-8-16(13)26-4/h5-8,10-12H,9H2,1-4H3,(H,20,24). The second-order valence-corrected chi connectivity index (χ2v) is 7.08. The Morgan fingerprint density at radius 3 is 2.81 bits per heavy atom. The number of hydrogen-bond donors (Lipinski definition) is 1. The molecule has 1 N–H and O–H groups in total. The van der Waals surface area contributed by atoms with Crippen LogP contribution >= 0.6 is 11.3 Å². The molecule has 0 saturated heterocycles. The number of nitrogens with one attached hydrogen (secondary N) is 1. The predicted octanol–water partition coefficient (Wildman–Crippen LogP) is 2.67. The number of imidazole rings is 1. The summed E-state index contributed by atoms with van der Waals surface area (Å²) in [6, 6.07) is 7.42. The van der Waals surface area contributed by atoms with Gasteiger partial charge in [0.2, 0.25) is 5.91 Å². The van der Waals surface area contributed by atoms with E-state index >= 15 is 0 Å². The van der Waals surface area contributed by atoms with Gasteiger partial charge < -0.3 is 15.0 Å². The molecule has 1 unspecified atom stereocenters. The van der Waals surface area contributed by atoms with Crippen molar-refractivity contribution in [3.8, 4) is 17.0 Å². The van der Waals surface area contributed by atoms with Gasteiger partial charge in [0, 0.05) is 43.7 Å². The Labute approximate surface area is 161 Å². The summed E-state index contributed by atoms with van der Waals surface area (Å²) in [5.74, 6) is 0.479. The van der Waals surface area contributed by atoms with Crippen molar-refractivity contribution in [1.29, 1.82) is 0 Å². The van der Waals surface area contributed by atoms with Crippen LogP contribution in [-0.4, -0.2) is 53.3 Å². The summed E-state index contributed by atoms with van der Waals surface area (Å²) < 4.78 is 7.20. The van der Waals surface area contributed by atoms with Crippen molar-refractivity contribution in [3.63, 3.8) is 0 Å². The smallest absolute Gasteiger partial charge is 0.271 e. The number of fused-ring (bicyclic) bond motifs is 1. The molecular formula is C19H22N4O3S. The molecule has 142 valence electrons. The van der Waals surface area contributed by atoms with Crippen LogP contribution in [0.2, 0.25) is 0 Å². The molecular weight excluding hydrogens is 364 g/mol. The molecule has 2 aromatic heterocycles. The summed E-state index contributed by atoms with van der Waals surface area (Å²) in [5, 5.41) is 4.38. The number of nitrogens with zero attached hydrogens (tertiary/aromatic N) is 3. The van der Waals surface area contributed by atoms with Gasteiger partial charge in [0.15, 0.2) is 4.96 Å². The average Bonchev–Trinajstić information content (AvgIpc) is 3.27. The van der Waals surface area contributed by atoms with E-state index in [-0.39, 0.29) is 24.3 Å². The van der Waals surface area contributed by atoms with Gasteiger partial charge >= 0.3 is 0 Å². The zero-order valence-corrected chi connectivity index (χ0v) is 16.5. The third-order valence-corrected chi connectivity index (χ3v) is 5.39. The van der Waals surface area contributed by atoms with E-state index in [4.69, 9.17) is 4.74 Å². The summed E-state index contributed by atoms with van der Waals surface area (Å²) >= 11 is 1.40. The van der Waals surface area contributed by atoms with Crippen LogP contribution in [0.15, 0.2) is 35.8 Å². The van der Waals surface area contributed by atoms with E-state index in [2.05, 4.69) is 10.3 Å². The second-order valence-electron chi connectivity index (χ2n) is 6.24. The highest BCUT2D eigenvalue weighted by atomic mass is 32.1. The third-order valence-electron chi connectivity index (χ3n) is 4.55. The van der Waals surface area contributed by atoms with Gasteiger partial charge in [-0.05, 0) is 19.1 Å². The Morgan fingerprint density at radius 2 is 2.11 bits per heavy atom. The fraction of sp³-hybridized carbons (Fsp3) is 0.316. The molecule has 7 nitrogen and oxygen atoms in total. The molecule has 0 aliphatic rings. The van der Waals surface area contributed by atoms with Crippen LogP contribution < -0.4 is 10.1 Å². The highest BCUT2D eigenvalue weighted by Gasteiger charge is 2.23. The molecule has 27 heavy (non-hydrogen) atoms. The number of aromatic nitrogens is 2. The van der Waals surface area contributed by atoms with Gasteiger partial charge in [-0.25, -0.2) is 4.98 Å². The number of carbonyl (C=O) groups is 2. The summed E-state index contributed by atoms with van der Waals surface area (Å²) in [7, 11) is 4.91. The van der Waals surface area contributed by atoms with Crippen LogP contribution in [0.25, 0.3) is 16.2 Å². The van der Waals surface area contributed by atoms with E-state index < -0.39 is 0 Å². The molecule has 2 heterocycles. The lowest BCUT2D eigenvalue weighted by atomic mass is 10.1. The lowest BCUT2D eigenvalue weighted by molar-refractivity contribution is -0.121. The Kier molecular flexibility index (Phi) is 5.46. The van der Waals surface area contributed by atoms with Crippen LogP contribution in [-0.2, 0) is 4.79 Å². The maximum atomic E-state index is 12.9. The molecule has 0 radical (unpaired) electrons. The molecule has 0 fully saturated rings. The Hall–Kier alpha value is -2.87. The van der Waals surface area contributed by atoms with Gasteiger partial charge in [-0.1, -0.05) is 12.1 Å². The minimum atomic E-state index is -0.218. The van der Waals surface area contributed by atoms with Crippen LogP contribution in [0.3, 0.4) is 0 Å². The van der Waals surface area contributed by atoms with Crippen molar-refractivity contribution >= 4 is 28.1 Å².